The van der Waals surface area contributed by atoms with Crippen LogP contribution in [0, 0.1) is 0 Å². The zero-order valence-corrected chi connectivity index (χ0v) is 9.47. The molecule has 84 valence electrons. The third-order valence-corrected chi connectivity index (χ3v) is 3.45. The van der Waals surface area contributed by atoms with Gasteiger partial charge in [-0.1, -0.05) is 0 Å². The minimum atomic E-state index is 0.702. The van der Waals surface area contributed by atoms with E-state index in [1.54, 1.807) is 7.11 Å². The van der Waals surface area contributed by atoms with Crippen LogP contribution in [0.2, 0.25) is 0 Å². The van der Waals surface area contributed by atoms with E-state index in [0.717, 1.165) is 17.7 Å². The van der Waals surface area contributed by atoms with Crippen LogP contribution in [0.5, 0.6) is 5.75 Å². The van der Waals surface area contributed by atoms with Gasteiger partial charge in [0.05, 0.1) is 12.8 Å². The van der Waals surface area contributed by atoms with Crippen molar-refractivity contribution in [2.45, 2.75) is 25.7 Å². The summed E-state index contributed by atoms with van der Waals surface area (Å²) in [5.74, 6) is 0.778. The normalized spacial score (nSPS) is 15.1. The van der Waals surface area contributed by atoms with E-state index in [0.29, 0.717) is 5.69 Å². The predicted octanol–water partition coefficient (Wildman–Crippen LogP) is 2.64. The molecule has 16 heavy (non-hydrogen) atoms. The van der Waals surface area contributed by atoms with Crippen molar-refractivity contribution in [2.75, 3.05) is 12.8 Å². The molecule has 1 heterocycles. The van der Waals surface area contributed by atoms with Crippen LogP contribution < -0.4 is 10.5 Å². The summed E-state index contributed by atoms with van der Waals surface area (Å²) in [6, 6.07) is 4.04. The molecule has 3 heteroatoms. The number of aromatic amines is 1. The Morgan fingerprint density at radius 3 is 2.88 bits per heavy atom. The van der Waals surface area contributed by atoms with E-state index >= 15 is 0 Å². The van der Waals surface area contributed by atoms with Crippen molar-refractivity contribution in [3.05, 3.63) is 23.4 Å². The molecule has 2 aromatic rings. The van der Waals surface area contributed by atoms with Crippen LogP contribution in [0.3, 0.4) is 0 Å². The van der Waals surface area contributed by atoms with Crippen LogP contribution in [-0.4, -0.2) is 12.1 Å². The number of rotatable bonds is 1. The molecule has 1 aromatic carbocycles. The summed E-state index contributed by atoms with van der Waals surface area (Å²) in [6.07, 6.45) is 4.90. The van der Waals surface area contributed by atoms with Gasteiger partial charge in [0.15, 0.2) is 0 Å². The number of hydrogen-bond donors (Lipinski definition) is 2. The maximum Gasteiger partial charge on any atom is 0.142 e. The van der Waals surface area contributed by atoms with Gasteiger partial charge < -0.3 is 15.5 Å². The molecular formula is C13H16N2O. The van der Waals surface area contributed by atoms with Crippen molar-refractivity contribution in [3.63, 3.8) is 0 Å². The third-order valence-electron chi connectivity index (χ3n) is 3.45. The van der Waals surface area contributed by atoms with Gasteiger partial charge in [0.1, 0.15) is 5.75 Å². The van der Waals surface area contributed by atoms with Crippen LogP contribution >= 0.6 is 0 Å². The van der Waals surface area contributed by atoms with Gasteiger partial charge in [0, 0.05) is 16.6 Å². The van der Waals surface area contributed by atoms with E-state index in [-0.39, 0.29) is 0 Å². The largest absolute Gasteiger partial charge is 0.495 e. The van der Waals surface area contributed by atoms with Gasteiger partial charge in [-0.3, -0.25) is 0 Å². The molecule has 0 saturated heterocycles. The summed E-state index contributed by atoms with van der Waals surface area (Å²) in [5, 5.41) is 1.28. The third kappa shape index (κ3) is 1.28. The minimum absolute atomic E-state index is 0.702. The van der Waals surface area contributed by atoms with Gasteiger partial charge in [-0.15, -0.1) is 0 Å². The zero-order valence-electron chi connectivity index (χ0n) is 9.47. The first-order chi connectivity index (χ1) is 7.79. The molecular weight excluding hydrogens is 200 g/mol. The van der Waals surface area contributed by atoms with Crippen LogP contribution in [-0.2, 0) is 12.8 Å². The number of hydrogen-bond acceptors (Lipinski definition) is 2. The number of fused-ring (bicyclic) bond motifs is 3. The Hall–Kier alpha value is -1.64. The van der Waals surface area contributed by atoms with E-state index in [9.17, 15) is 0 Å². The SMILES string of the molecule is COc1cc2c3c([nH]c2cc1N)CCCC3. The maximum atomic E-state index is 5.91. The molecule has 3 nitrogen and oxygen atoms in total. The second-order valence-electron chi connectivity index (χ2n) is 4.43. The van der Waals surface area contributed by atoms with Crippen molar-refractivity contribution >= 4 is 16.6 Å². The van der Waals surface area contributed by atoms with Gasteiger partial charge in [0.25, 0.3) is 0 Å². The fourth-order valence-electron chi connectivity index (χ4n) is 2.63. The van der Waals surface area contributed by atoms with Gasteiger partial charge >= 0.3 is 0 Å². The number of methoxy groups -OCH3 is 1. The number of ether oxygens (including phenoxy) is 1. The number of nitrogen functional groups attached to an aromatic ring is 1. The average Bonchev–Trinajstić information content (AvgIpc) is 2.65. The standard InChI is InChI=1S/C13H16N2O/c1-16-13-6-9-8-4-2-3-5-11(8)15-12(9)7-10(13)14/h6-7,15H,2-5,14H2,1H3. The van der Waals surface area contributed by atoms with Crippen LogP contribution in [0.4, 0.5) is 5.69 Å². The molecule has 0 bridgehead atoms. The first kappa shape index (κ1) is 9.58. The van der Waals surface area contributed by atoms with Crippen molar-refractivity contribution in [3.8, 4) is 5.75 Å². The molecule has 0 aliphatic heterocycles. The number of anilines is 1. The Morgan fingerprint density at radius 2 is 2.06 bits per heavy atom. The Morgan fingerprint density at radius 1 is 1.25 bits per heavy atom. The second kappa shape index (κ2) is 3.44. The Kier molecular flexibility index (Phi) is 2.06. The number of nitrogens with one attached hydrogen (secondary N) is 1. The zero-order chi connectivity index (χ0) is 11.1. The lowest BCUT2D eigenvalue weighted by molar-refractivity contribution is 0.417. The van der Waals surface area contributed by atoms with Crippen LogP contribution in [0.1, 0.15) is 24.1 Å². The Labute approximate surface area is 94.6 Å². The Bertz CT molecular complexity index is 542. The highest BCUT2D eigenvalue weighted by atomic mass is 16.5. The van der Waals surface area contributed by atoms with Crippen LogP contribution in [0.25, 0.3) is 10.9 Å². The first-order valence-electron chi connectivity index (χ1n) is 5.76. The molecule has 0 saturated carbocycles. The highest BCUT2D eigenvalue weighted by Gasteiger charge is 2.16. The second-order valence-corrected chi connectivity index (χ2v) is 4.43. The summed E-state index contributed by atoms with van der Waals surface area (Å²) in [5.41, 5.74) is 10.6. The molecule has 0 radical (unpaired) electrons. The van der Waals surface area contributed by atoms with Gasteiger partial charge in [-0.05, 0) is 43.4 Å². The first-order valence-corrected chi connectivity index (χ1v) is 5.76. The van der Waals surface area contributed by atoms with Crippen molar-refractivity contribution in [2.24, 2.45) is 0 Å². The van der Waals surface area contributed by atoms with Gasteiger partial charge in [0.2, 0.25) is 0 Å². The Balaban J connectivity index is 2.27. The smallest absolute Gasteiger partial charge is 0.142 e. The van der Waals surface area contributed by atoms with E-state index in [2.05, 4.69) is 11.1 Å². The summed E-state index contributed by atoms with van der Waals surface area (Å²) >= 11 is 0. The molecule has 0 spiro atoms. The summed E-state index contributed by atoms with van der Waals surface area (Å²) in [7, 11) is 1.66. The molecule has 0 unspecified atom stereocenters. The highest BCUT2D eigenvalue weighted by molar-refractivity contribution is 5.90. The summed E-state index contributed by atoms with van der Waals surface area (Å²) in [4.78, 5) is 3.47. The molecule has 0 fully saturated rings. The molecule has 3 N–H and O–H groups in total. The lowest BCUT2D eigenvalue weighted by atomic mass is 9.95. The van der Waals surface area contributed by atoms with Crippen molar-refractivity contribution in [1.29, 1.82) is 0 Å². The highest BCUT2D eigenvalue weighted by Crippen LogP contribution is 2.34. The summed E-state index contributed by atoms with van der Waals surface area (Å²) in [6.45, 7) is 0. The topological polar surface area (TPSA) is 51.0 Å². The fraction of sp³-hybridized carbons (Fsp3) is 0.385. The molecule has 1 aliphatic carbocycles. The lowest BCUT2D eigenvalue weighted by Crippen LogP contribution is -2.00. The lowest BCUT2D eigenvalue weighted by Gasteiger charge is -2.10. The van der Waals surface area contributed by atoms with E-state index in [1.165, 1.54) is 35.9 Å². The number of benzene rings is 1. The van der Waals surface area contributed by atoms with Crippen molar-refractivity contribution < 1.29 is 4.74 Å². The monoisotopic (exact) mass is 216 g/mol. The quantitative estimate of drug-likeness (QED) is 0.720. The van der Waals surface area contributed by atoms with E-state index in [4.69, 9.17) is 10.5 Å². The van der Waals surface area contributed by atoms with Crippen molar-refractivity contribution in [1.82, 2.24) is 4.98 Å². The average molecular weight is 216 g/mol. The number of H-pyrrole nitrogens is 1. The maximum absolute atomic E-state index is 5.91. The number of nitrogens with two attached hydrogens (primary N) is 1. The number of aromatic nitrogens is 1. The van der Waals surface area contributed by atoms with E-state index in [1.807, 2.05) is 6.07 Å². The summed E-state index contributed by atoms with van der Waals surface area (Å²) < 4.78 is 5.27. The number of aryl methyl sites for hydroxylation is 2. The van der Waals surface area contributed by atoms with Crippen LogP contribution in [0.15, 0.2) is 12.1 Å². The predicted molar refractivity (Wildman–Crippen MR) is 65.9 cm³/mol. The molecule has 3 rings (SSSR count). The van der Waals surface area contributed by atoms with Gasteiger partial charge in [-0.2, -0.15) is 0 Å². The van der Waals surface area contributed by atoms with Gasteiger partial charge in [-0.25, -0.2) is 0 Å². The molecule has 1 aromatic heterocycles. The fourth-order valence-corrected chi connectivity index (χ4v) is 2.63. The molecule has 1 aliphatic rings. The molecule has 0 amide bonds. The minimum Gasteiger partial charge on any atom is -0.495 e. The van der Waals surface area contributed by atoms with E-state index < -0.39 is 0 Å². The molecule has 0 atom stereocenters.